The standard InChI is InChI=1S/C18H13F3NOP/c19-18(20,21)17-12-11-16(13-22-17)24(23,14-7-3-1-4-8-14)15-9-5-2-6-10-15/h1-13H. The zero-order valence-electron chi connectivity index (χ0n) is 12.4. The summed E-state index contributed by atoms with van der Waals surface area (Å²) in [5.74, 6) is 0. The van der Waals surface area contributed by atoms with E-state index in [-0.39, 0.29) is 5.30 Å². The van der Waals surface area contributed by atoms with E-state index in [4.69, 9.17) is 0 Å². The number of nitrogens with zero attached hydrogens (tertiary/aromatic N) is 1. The Balaban J connectivity index is 2.18. The second kappa shape index (κ2) is 6.25. The molecule has 3 rings (SSSR count). The number of rotatable bonds is 3. The van der Waals surface area contributed by atoms with Crippen LogP contribution in [0.1, 0.15) is 5.69 Å². The Kier molecular flexibility index (Phi) is 4.29. The molecule has 0 aliphatic rings. The Hall–Kier alpha value is -2.39. The second-order valence-electron chi connectivity index (χ2n) is 5.18. The molecule has 0 unspecified atom stereocenters. The lowest BCUT2D eigenvalue weighted by molar-refractivity contribution is -0.141. The van der Waals surface area contributed by atoms with Gasteiger partial charge in [-0.25, -0.2) is 0 Å². The van der Waals surface area contributed by atoms with Crippen LogP contribution in [-0.4, -0.2) is 4.98 Å². The summed E-state index contributed by atoms with van der Waals surface area (Å²) in [6.07, 6.45) is -3.47. The van der Waals surface area contributed by atoms with Crippen molar-refractivity contribution in [1.29, 1.82) is 0 Å². The van der Waals surface area contributed by atoms with Gasteiger partial charge in [0.25, 0.3) is 0 Å². The van der Waals surface area contributed by atoms with Crippen molar-refractivity contribution in [3.8, 4) is 0 Å². The smallest absolute Gasteiger partial charge is 0.309 e. The molecule has 24 heavy (non-hydrogen) atoms. The molecule has 122 valence electrons. The molecule has 0 saturated heterocycles. The average molecular weight is 347 g/mol. The van der Waals surface area contributed by atoms with Crippen LogP contribution in [0.25, 0.3) is 0 Å². The number of hydrogen-bond acceptors (Lipinski definition) is 2. The van der Waals surface area contributed by atoms with Gasteiger partial charge >= 0.3 is 6.18 Å². The van der Waals surface area contributed by atoms with E-state index in [2.05, 4.69) is 4.98 Å². The summed E-state index contributed by atoms with van der Waals surface area (Å²) in [5, 5.41) is 1.38. The van der Waals surface area contributed by atoms with Gasteiger partial charge in [0.15, 0.2) is 7.14 Å². The fourth-order valence-electron chi connectivity index (χ4n) is 2.46. The van der Waals surface area contributed by atoms with E-state index >= 15 is 0 Å². The molecule has 3 aromatic rings. The molecule has 0 amide bonds. The third-order valence-electron chi connectivity index (χ3n) is 3.64. The van der Waals surface area contributed by atoms with E-state index in [0.29, 0.717) is 10.6 Å². The lowest BCUT2D eigenvalue weighted by Gasteiger charge is -2.20. The minimum atomic E-state index is -4.53. The molecule has 2 nitrogen and oxygen atoms in total. The first-order chi connectivity index (χ1) is 11.4. The van der Waals surface area contributed by atoms with Crippen LogP contribution in [-0.2, 0) is 10.7 Å². The van der Waals surface area contributed by atoms with Gasteiger partial charge in [0, 0.05) is 22.1 Å². The maximum atomic E-state index is 13.9. The monoisotopic (exact) mass is 347 g/mol. The van der Waals surface area contributed by atoms with Crippen molar-refractivity contribution >= 4 is 23.1 Å². The normalized spacial score (nSPS) is 12.1. The summed E-state index contributed by atoms with van der Waals surface area (Å²) in [7, 11) is -3.28. The van der Waals surface area contributed by atoms with E-state index in [9.17, 15) is 17.7 Å². The van der Waals surface area contributed by atoms with E-state index in [1.165, 1.54) is 6.07 Å². The summed E-state index contributed by atoms with van der Waals surface area (Å²) >= 11 is 0. The van der Waals surface area contributed by atoms with Gasteiger partial charge in [-0.2, -0.15) is 13.2 Å². The van der Waals surface area contributed by atoms with Crippen LogP contribution in [0.4, 0.5) is 13.2 Å². The molecule has 0 fully saturated rings. The van der Waals surface area contributed by atoms with E-state index < -0.39 is 19.0 Å². The SMILES string of the molecule is O=P(c1ccccc1)(c1ccccc1)c1ccc(C(F)(F)F)nc1. The lowest BCUT2D eigenvalue weighted by Crippen LogP contribution is -2.25. The van der Waals surface area contributed by atoms with E-state index in [1.54, 1.807) is 60.7 Å². The average Bonchev–Trinajstić information content (AvgIpc) is 2.62. The fourth-order valence-corrected chi connectivity index (χ4v) is 5.05. The highest BCUT2D eigenvalue weighted by molar-refractivity contribution is 7.85. The summed E-state index contributed by atoms with van der Waals surface area (Å²) in [5.41, 5.74) is -1.00. The van der Waals surface area contributed by atoms with Crippen molar-refractivity contribution in [2.24, 2.45) is 0 Å². The van der Waals surface area contributed by atoms with Gasteiger partial charge in [-0.05, 0) is 12.1 Å². The van der Waals surface area contributed by atoms with Crippen LogP contribution < -0.4 is 15.9 Å². The predicted molar refractivity (Wildman–Crippen MR) is 88.6 cm³/mol. The first-order valence-electron chi connectivity index (χ1n) is 7.17. The number of pyridine rings is 1. The van der Waals surface area contributed by atoms with Crippen molar-refractivity contribution in [3.63, 3.8) is 0 Å². The first-order valence-corrected chi connectivity index (χ1v) is 8.88. The first kappa shape index (κ1) is 16.5. The summed E-state index contributed by atoms with van der Waals surface area (Å²) in [6, 6.07) is 19.6. The molecule has 0 aliphatic carbocycles. The van der Waals surface area contributed by atoms with Gasteiger partial charge in [-0.1, -0.05) is 60.7 Å². The second-order valence-corrected chi connectivity index (χ2v) is 7.95. The number of halogens is 3. The van der Waals surface area contributed by atoms with Gasteiger partial charge in [0.2, 0.25) is 0 Å². The van der Waals surface area contributed by atoms with Gasteiger partial charge in [0.1, 0.15) is 5.69 Å². The van der Waals surface area contributed by atoms with E-state index in [0.717, 1.165) is 12.3 Å². The Labute approximate surface area is 137 Å². The topological polar surface area (TPSA) is 30.0 Å². The van der Waals surface area contributed by atoms with Gasteiger partial charge in [-0.15, -0.1) is 0 Å². The third kappa shape index (κ3) is 3.00. The molecule has 6 heteroatoms. The molecule has 1 aromatic heterocycles. The fraction of sp³-hybridized carbons (Fsp3) is 0.0556. The van der Waals surface area contributed by atoms with E-state index in [1.807, 2.05) is 0 Å². The van der Waals surface area contributed by atoms with Gasteiger partial charge < -0.3 is 4.57 Å². The van der Waals surface area contributed by atoms with Crippen LogP contribution in [0.5, 0.6) is 0 Å². The molecular weight excluding hydrogens is 334 g/mol. The van der Waals surface area contributed by atoms with Crippen LogP contribution >= 0.6 is 7.14 Å². The highest BCUT2D eigenvalue weighted by atomic mass is 31.2. The minimum Gasteiger partial charge on any atom is -0.309 e. The maximum absolute atomic E-state index is 13.9. The van der Waals surface area contributed by atoms with Crippen molar-refractivity contribution in [2.75, 3.05) is 0 Å². The Bertz CT molecular complexity index is 819. The predicted octanol–water partition coefficient (Wildman–Crippen LogP) is 3.74. The zero-order chi connectivity index (χ0) is 17.2. The maximum Gasteiger partial charge on any atom is 0.433 e. The third-order valence-corrected chi connectivity index (χ3v) is 6.68. The van der Waals surface area contributed by atoms with Gasteiger partial charge in [0.05, 0.1) is 0 Å². The molecule has 0 bridgehead atoms. The van der Waals surface area contributed by atoms with Crippen molar-refractivity contribution in [1.82, 2.24) is 4.98 Å². The quantitative estimate of drug-likeness (QED) is 0.676. The van der Waals surface area contributed by atoms with Crippen LogP contribution in [0, 0.1) is 0 Å². The molecule has 1 heterocycles. The molecular formula is C18H13F3NOP. The highest BCUT2D eigenvalue weighted by Crippen LogP contribution is 2.42. The molecule has 2 aromatic carbocycles. The molecule has 0 N–H and O–H groups in total. The Morgan fingerprint density at radius 1 is 0.708 bits per heavy atom. The molecule has 0 saturated carbocycles. The highest BCUT2D eigenvalue weighted by Gasteiger charge is 2.34. The summed E-state index contributed by atoms with van der Waals surface area (Å²) < 4.78 is 52.0. The van der Waals surface area contributed by atoms with Gasteiger partial charge in [-0.3, -0.25) is 4.98 Å². The largest absolute Gasteiger partial charge is 0.433 e. The number of aromatic nitrogens is 1. The lowest BCUT2D eigenvalue weighted by atomic mass is 10.3. The van der Waals surface area contributed by atoms with Crippen molar-refractivity contribution in [2.45, 2.75) is 6.18 Å². The molecule has 0 aliphatic heterocycles. The van der Waals surface area contributed by atoms with Crippen molar-refractivity contribution in [3.05, 3.63) is 84.7 Å². The van der Waals surface area contributed by atoms with Crippen LogP contribution in [0.15, 0.2) is 79.0 Å². The van der Waals surface area contributed by atoms with Crippen LogP contribution in [0.2, 0.25) is 0 Å². The Morgan fingerprint density at radius 2 is 1.21 bits per heavy atom. The molecule has 0 atom stereocenters. The molecule has 0 spiro atoms. The number of benzene rings is 2. The number of hydrogen-bond donors (Lipinski definition) is 0. The summed E-state index contributed by atoms with van der Waals surface area (Å²) in [6.45, 7) is 0. The number of alkyl halides is 3. The molecule has 0 radical (unpaired) electrons. The Morgan fingerprint density at radius 3 is 1.58 bits per heavy atom. The zero-order valence-corrected chi connectivity index (χ0v) is 13.3. The minimum absolute atomic E-state index is 0.271. The summed E-state index contributed by atoms with van der Waals surface area (Å²) in [4.78, 5) is 3.47. The van der Waals surface area contributed by atoms with Crippen LogP contribution in [0.3, 0.4) is 0 Å². The van der Waals surface area contributed by atoms with Crippen molar-refractivity contribution < 1.29 is 17.7 Å².